The third-order valence-electron chi connectivity index (χ3n) is 4.44. The van der Waals surface area contributed by atoms with E-state index in [0.29, 0.717) is 31.5 Å². The summed E-state index contributed by atoms with van der Waals surface area (Å²) in [4.78, 5) is 28.2. The fourth-order valence-electron chi connectivity index (χ4n) is 2.93. The van der Waals surface area contributed by atoms with Crippen LogP contribution < -0.4 is 0 Å². The molecule has 1 aromatic rings. The van der Waals surface area contributed by atoms with Crippen LogP contribution in [0.25, 0.3) is 0 Å². The van der Waals surface area contributed by atoms with Crippen LogP contribution >= 0.6 is 0 Å². The Morgan fingerprint density at radius 3 is 2.25 bits per heavy atom. The molecule has 1 aliphatic rings. The van der Waals surface area contributed by atoms with Crippen LogP contribution in [0.4, 0.5) is 0 Å². The SMILES string of the molecule is Cc1ccc(S(C)(=O)=O)cc1C(=O)N1CCC(C(=O)N(C)C)CC1. The lowest BCUT2D eigenvalue weighted by Crippen LogP contribution is -2.43. The van der Waals surface area contributed by atoms with Crippen molar-refractivity contribution in [1.29, 1.82) is 0 Å². The quantitative estimate of drug-likeness (QED) is 0.823. The molecule has 2 rings (SSSR count). The second kappa shape index (κ2) is 6.93. The predicted octanol–water partition coefficient (Wildman–Crippen LogP) is 1.34. The Hall–Kier alpha value is -1.89. The highest BCUT2D eigenvalue weighted by atomic mass is 32.2. The van der Waals surface area contributed by atoms with Crippen LogP contribution in [0.5, 0.6) is 0 Å². The van der Waals surface area contributed by atoms with Crippen molar-refractivity contribution in [2.45, 2.75) is 24.7 Å². The maximum absolute atomic E-state index is 12.7. The van der Waals surface area contributed by atoms with Gasteiger partial charge in [0.05, 0.1) is 4.90 Å². The molecule has 0 bridgehead atoms. The minimum Gasteiger partial charge on any atom is -0.349 e. The highest BCUT2D eigenvalue weighted by Crippen LogP contribution is 2.23. The van der Waals surface area contributed by atoms with Crippen molar-refractivity contribution in [2.24, 2.45) is 5.92 Å². The number of amides is 2. The molecule has 0 aromatic heterocycles. The molecule has 1 aromatic carbocycles. The molecule has 1 heterocycles. The van der Waals surface area contributed by atoms with Crippen LogP contribution in [-0.2, 0) is 14.6 Å². The molecular formula is C17H24N2O4S. The molecule has 0 spiro atoms. The van der Waals surface area contributed by atoms with Crippen LogP contribution in [0.15, 0.2) is 23.1 Å². The summed E-state index contributed by atoms with van der Waals surface area (Å²) in [6.45, 7) is 2.80. The van der Waals surface area contributed by atoms with Crippen LogP contribution in [0, 0.1) is 12.8 Å². The predicted molar refractivity (Wildman–Crippen MR) is 91.6 cm³/mol. The van der Waals surface area contributed by atoms with E-state index in [1.54, 1.807) is 36.9 Å². The van der Waals surface area contributed by atoms with Gasteiger partial charge in [0.1, 0.15) is 0 Å². The standard InChI is InChI=1S/C17H24N2O4S/c1-12-5-6-14(24(4,22)23)11-15(12)17(21)19-9-7-13(8-10-19)16(20)18(2)3/h5-6,11,13H,7-10H2,1-4H3. The number of benzene rings is 1. The third-order valence-corrected chi connectivity index (χ3v) is 5.55. The maximum Gasteiger partial charge on any atom is 0.254 e. The van der Waals surface area contributed by atoms with Gasteiger partial charge in [-0.05, 0) is 37.5 Å². The number of nitrogens with zero attached hydrogens (tertiary/aromatic N) is 2. The Morgan fingerprint density at radius 2 is 1.75 bits per heavy atom. The van der Waals surface area contributed by atoms with Gasteiger partial charge in [-0.25, -0.2) is 8.42 Å². The molecule has 2 amide bonds. The van der Waals surface area contributed by atoms with Crippen molar-refractivity contribution >= 4 is 21.7 Å². The normalized spacial score (nSPS) is 16.1. The number of sulfone groups is 1. The zero-order valence-electron chi connectivity index (χ0n) is 14.6. The summed E-state index contributed by atoms with van der Waals surface area (Å²) in [5.74, 6) is -0.126. The highest BCUT2D eigenvalue weighted by Gasteiger charge is 2.29. The van der Waals surface area contributed by atoms with Crippen LogP contribution in [0.2, 0.25) is 0 Å². The molecule has 0 radical (unpaired) electrons. The Morgan fingerprint density at radius 1 is 1.17 bits per heavy atom. The highest BCUT2D eigenvalue weighted by molar-refractivity contribution is 7.90. The van der Waals surface area contributed by atoms with Gasteiger partial charge in [-0.3, -0.25) is 9.59 Å². The van der Waals surface area contributed by atoms with E-state index >= 15 is 0 Å². The molecule has 0 aliphatic carbocycles. The summed E-state index contributed by atoms with van der Waals surface area (Å²) >= 11 is 0. The fourth-order valence-corrected chi connectivity index (χ4v) is 3.57. The molecule has 6 nitrogen and oxygen atoms in total. The zero-order valence-corrected chi connectivity index (χ0v) is 15.4. The van der Waals surface area contributed by atoms with Crippen molar-refractivity contribution in [2.75, 3.05) is 33.4 Å². The van der Waals surface area contributed by atoms with Crippen molar-refractivity contribution in [1.82, 2.24) is 9.80 Å². The average Bonchev–Trinajstić information content (AvgIpc) is 2.53. The molecule has 0 saturated carbocycles. The first kappa shape index (κ1) is 18.4. The monoisotopic (exact) mass is 352 g/mol. The van der Waals surface area contributed by atoms with E-state index in [0.717, 1.165) is 11.8 Å². The van der Waals surface area contributed by atoms with Crippen molar-refractivity contribution < 1.29 is 18.0 Å². The lowest BCUT2D eigenvalue weighted by molar-refractivity contribution is -0.134. The summed E-state index contributed by atoms with van der Waals surface area (Å²) < 4.78 is 23.4. The largest absolute Gasteiger partial charge is 0.349 e. The first-order valence-electron chi connectivity index (χ1n) is 7.92. The Kier molecular flexibility index (Phi) is 5.32. The lowest BCUT2D eigenvalue weighted by atomic mass is 9.94. The van der Waals surface area contributed by atoms with Gasteiger partial charge in [-0.1, -0.05) is 6.07 Å². The van der Waals surface area contributed by atoms with Crippen molar-refractivity contribution in [3.63, 3.8) is 0 Å². The lowest BCUT2D eigenvalue weighted by Gasteiger charge is -2.32. The summed E-state index contributed by atoms with van der Waals surface area (Å²) in [5.41, 5.74) is 1.16. The van der Waals surface area contributed by atoms with E-state index in [1.165, 1.54) is 12.1 Å². The number of hydrogen-bond donors (Lipinski definition) is 0. The summed E-state index contributed by atoms with van der Waals surface area (Å²) in [5, 5.41) is 0. The van der Waals surface area contributed by atoms with Crippen LogP contribution in [-0.4, -0.2) is 63.5 Å². The minimum absolute atomic E-state index is 0.0486. The molecule has 0 unspecified atom stereocenters. The molecule has 1 saturated heterocycles. The van der Waals surface area contributed by atoms with Gasteiger partial charge in [0.25, 0.3) is 5.91 Å². The number of carbonyl (C=O) groups is 2. The summed E-state index contributed by atoms with van der Waals surface area (Å²) in [6, 6.07) is 4.62. The molecule has 1 aliphatic heterocycles. The molecule has 0 N–H and O–H groups in total. The number of aryl methyl sites for hydroxylation is 1. The molecule has 132 valence electrons. The first-order valence-corrected chi connectivity index (χ1v) is 9.81. The molecule has 1 fully saturated rings. The van der Waals surface area contributed by atoms with Gasteiger partial charge in [0, 0.05) is 44.9 Å². The Balaban J connectivity index is 2.15. The number of carbonyl (C=O) groups excluding carboxylic acids is 2. The Bertz CT molecular complexity index is 748. The van der Waals surface area contributed by atoms with Gasteiger partial charge in [-0.15, -0.1) is 0 Å². The van der Waals surface area contributed by atoms with Crippen LogP contribution in [0.1, 0.15) is 28.8 Å². The van der Waals surface area contributed by atoms with E-state index in [1.807, 2.05) is 0 Å². The maximum atomic E-state index is 12.7. The van der Waals surface area contributed by atoms with E-state index in [9.17, 15) is 18.0 Å². The van der Waals surface area contributed by atoms with Gasteiger partial charge >= 0.3 is 0 Å². The molecule has 0 atom stereocenters. The average molecular weight is 352 g/mol. The first-order chi connectivity index (χ1) is 11.1. The second-order valence-corrected chi connectivity index (χ2v) is 8.56. The summed E-state index contributed by atoms with van der Waals surface area (Å²) in [7, 11) is 0.115. The van der Waals surface area contributed by atoms with Gasteiger partial charge in [0.15, 0.2) is 9.84 Å². The van der Waals surface area contributed by atoms with Gasteiger partial charge in [-0.2, -0.15) is 0 Å². The smallest absolute Gasteiger partial charge is 0.254 e. The van der Waals surface area contributed by atoms with Crippen molar-refractivity contribution in [3.8, 4) is 0 Å². The van der Waals surface area contributed by atoms with E-state index in [2.05, 4.69) is 0 Å². The Labute approximate surface area is 143 Å². The van der Waals surface area contributed by atoms with Crippen molar-refractivity contribution in [3.05, 3.63) is 29.3 Å². The third kappa shape index (κ3) is 3.95. The number of likely N-dealkylation sites (tertiary alicyclic amines) is 1. The van der Waals surface area contributed by atoms with E-state index in [-0.39, 0.29) is 22.6 Å². The number of hydrogen-bond acceptors (Lipinski definition) is 4. The van der Waals surface area contributed by atoms with Gasteiger partial charge in [0.2, 0.25) is 5.91 Å². The second-order valence-electron chi connectivity index (χ2n) is 6.55. The minimum atomic E-state index is -3.36. The summed E-state index contributed by atoms with van der Waals surface area (Å²) in [6.07, 6.45) is 2.39. The fraction of sp³-hybridized carbons (Fsp3) is 0.529. The molecule has 24 heavy (non-hydrogen) atoms. The van der Waals surface area contributed by atoms with Gasteiger partial charge < -0.3 is 9.80 Å². The number of rotatable bonds is 3. The topological polar surface area (TPSA) is 74.8 Å². The van der Waals surface area contributed by atoms with E-state index < -0.39 is 9.84 Å². The van der Waals surface area contributed by atoms with Crippen LogP contribution in [0.3, 0.4) is 0 Å². The number of piperidine rings is 1. The molecule has 7 heteroatoms. The zero-order chi connectivity index (χ0) is 18.1. The molecular weight excluding hydrogens is 328 g/mol. The van der Waals surface area contributed by atoms with E-state index in [4.69, 9.17) is 0 Å².